The van der Waals surface area contributed by atoms with Gasteiger partial charge in [-0.2, -0.15) is 0 Å². The molecule has 2 atom stereocenters. The molecule has 0 rings (SSSR count). The SMILES string of the molecule is CC/C=C\C/C=C\C/C=C\C/C=C\C/C=C\CC(=O)OC(COCCCCCCCCCCCCCC/C=C\CCCCCCCCCC)COP(=O)(O)OCCN. The summed E-state index contributed by atoms with van der Waals surface area (Å²) in [5, 5.41) is 0. The summed E-state index contributed by atoms with van der Waals surface area (Å²) in [6.07, 6.45) is 58.3. The number of allylic oxidation sites excluding steroid dienone is 11. The molecule has 3 N–H and O–H groups in total. The van der Waals surface area contributed by atoms with Crippen molar-refractivity contribution in [1.29, 1.82) is 0 Å². The van der Waals surface area contributed by atoms with Gasteiger partial charge in [-0.25, -0.2) is 4.57 Å². The van der Waals surface area contributed by atoms with E-state index in [4.69, 9.17) is 24.3 Å². The van der Waals surface area contributed by atoms with Gasteiger partial charge in [0, 0.05) is 13.2 Å². The van der Waals surface area contributed by atoms with Crippen LogP contribution < -0.4 is 5.73 Å². The zero-order chi connectivity index (χ0) is 42.3. The third-order valence-electron chi connectivity index (χ3n) is 9.64. The first kappa shape index (κ1) is 55.9. The minimum Gasteiger partial charge on any atom is -0.457 e. The zero-order valence-corrected chi connectivity index (χ0v) is 38.2. The van der Waals surface area contributed by atoms with Crippen LogP contribution in [0.2, 0.25) is 0 Å². The number of rotatable bonds is 44. The van der Waals surface area contributed by atoms with Gasteiger partial charge in [0.1, 0.15) is 6.10 Å². The predicted octanol–water partition coefficient (Wildman–Crippen LogP) is 14.3. The standard InChI is InChI=1S/C49H88NO7P/c1-3-5-7-9-11-13-15-17-19-20-21-22-23-24-25-26-27-29-31-33-35-37-39-41-44-54-46-48(47-56-58(52,53)55-45-43-50)57-49(51)42-40-38-36-34-32-30-28-18-16-14-12-10-8-6-4-2/h6,8,12,14,18,20-21,28,32,34,38,40,48H,3-5,7,9-11,13,15-17,19,22-27,29-31,33,35-37,39,41-47,50H2,1-2H3,(H,52,53)/b8-6-,14-12-,21-20-,28-18-,34-32-,40-38-. The Hall–Kier alpha value is -2.06. The van der Waals surface area contributed by atoms with Gasteiger partial charge in [0.25, 0.3) is 0 Å². The Bertz CT molecular complexity index is 1120. The quantitative estimate of drug-likeness (QED) is 0.0270. The fourth-order valence-corrected chi connectivity index (χ4v) is 7.01. The highest BCUT2D eigenvalue weighted by Gasteiger charge is 2.25. The second kappa shape index (κ2) is 46.0. The molecule has 0 saturated carbocycles. The maximum absolute atomic E-state index is 12.5. The number of hydrogen-bond acceptors (Lipinski definition) is 7. The summed E-state index contributed by atoms with van der Waals surface area (Å²) in [6.45, 7) is 4.67. The number of unbranched alkanes of at least 4 members (excludes halogenated alkanes) is 20. The summed E-state index contributed by atoms with van der Waals surface area (Å²) in [7, 11) is -4.31. The molecule has 0 aromatic heterocycles. The second-order valence-corrected chi connectivity index (χ2v) is 16.7. The summed E-state index contributed by atoms with van der Waals surface area (Å²) in [5.41, 5.74) is 5.37. The van der Waals surface area contributed by atoms with Gasteiger partial charge in [-0.05, 0) is 64.2 Å². The van der Waals surface area contributed by atoms with Gasteiger partial charge >= 0.3 is 13.8 Å². The maximum Gasteiger partial charge on any atom is 0.472 e. The molecule has 9 heteroatoms. The van der Waals surface area contributed by atoms with Crippen molar-refractivity contribution in [1.82, 2.24) is 0 Å². The Morgan fingerprint density at radius 2 is 0.966 bits per heavy atom. The number of phosphoric ester groups is 1. The van der Waals surface area contributed by atoms with E-state index in [1.807, 2.05) is 6.08 Å². The molecule has 2 unspecified atom stereocenters. The summed E-state index contributed by atoms with van der Waals surface area (Å²) >= 11 is 0. The molecule has 0 aliphatic heterocycles. The van der Waals surface area contributed by atoms with Gasteiger partial charge in [0.05, 0.1) is 26.2 Å². The summed E-state index contributed by atoms with van der Waals surface area (Å²) in [6, 6.07) is 0. The van der Waals surface area contributed by atoms with E-state index in [1.54, 1.807) is 6.08 Å². The Morgan fingerprint density at radius 1 is 0.534 bits per heavy atom. The van der Waals surface area contributed by atoms with E-state index in [0.29, 0.717) is 13.0 Å². The molecule has 0 aromatic carbocycles. The maximum atomic E-state index is 12.5. The van der Waals surface area contributed by atoms with Crippen molar-refractivity contribution in [2.75, 3.05) is 33.0 Å². The molecule has 0 fully saturated rings. The van der Waals surface area contributed by atoms with Crippen LogP contribution in [-0.4, -0.2) is 49.9 Å². The van der Waals surface area contributed by atoms with Crippen molar-refractivity contribution in [3.05, 3.63) is 72.9 Å². The van der Waals surface area contributed by atoms with Gasteiger partial charge in [0.15, 0.2) is 0 Å². The largest absolute Gasteiger partial charge is 0.472 e. The number of hydrogen-bond donors (Lipinski definition) is 2. The molecule has 0 saturated heterocycles. The van der Waals surface area contributed by atoms with Crippen molar-refractivity contribution in [2.24, 2.45) is 5.73 Å². The van der Waals surface area contributed by atoms with Crippen molar-refractivity contribution >= 4 is 13.8 Å². The Kier molecular flexibility index (Phi) is 44.4. The van der Waals surface area contributed by atoms with Crippen molar-refractivity contribution in [2.45, 2.75) is 200 Å². The lowest BCUT2D eigenvalue weighted by Crippen LogP contribution is -2.28. The number of esters is 1. The third-order valence-corrected chi connectivity index (χ3v) is 10.6. The molecule has 0 amide bonds. The van der Waals surface area contributed by atoms with E-state index in [9.17, 15) is 14.3 Å². The first-order chi connectivity index (χ1) is 28.4. The van der Waals surface area contributed by atoms with E-state index in [1.165, 1.54) is 128 Å². The number of phosphoric acid groups is 1. The topological polar surface area (TPSA) is 117 Å². The van der Waals surface area contributed by atoms with Crippen molar-refractivity contribution < 1.29 is 32.8 Å². The fourth-order valence-electron chi connectivity index (χ4n) is 6.24. The lowest BCUT2D eigenvalue weighted by Gasteiger charge is -2.19. The van der Waals surface area contributed by atoms with E-state index in [0.717, 1.165) is 38.5 Å². The van der Waals surface area contributed by atoms with E-state index in [-0.39, 0.29) is 32.8 Å². The molecule has 336 valence electrons. The predicted molar refractivity (Wildman–Crippen MR) is 247 cm³/mol. The van der Waals surface area contributed by atoms with Crippen LogP contribution in [0.5, 0.6) is 0 Å². The van der Waals surface area contributed by atoms with Gasteiger partial charge in [-0.1, -0.05) is 196 Å². The monoisotopic (exact) mass is 834 g/mol. The van der Waals surface area contributed by atoms with Crippen LogP contribution in [0, 0.1) is 0 Å². The molecular formula is C49H88NO7P. The van der Waals surface area contributed by atoms with E-state index in [2.05, 4.69) is 74.6 Å². The van der Waals surface area contributed by atoms with Crippen molar-refractivity contribution in [3.8, 4) is 0 Å². The molecule has 0 radical (unpaired) electrons. The average Bonchev–Trinajstić information content (AvgIpc) is 3.21. The molecule has 0 aliphatic carbocycles. The molecule has 0 heterocycles. The summed E-state index contributed by atoms with van der Waals surface area (Å²) in [5.74, 6) is -0.457. The minimum absolute atomic E-state index is 0.0738. The zero-order valence-electron chi connectivity index (χ0n) is 37.3. The molecule has 0 aliphatic rings. The fraction of sp³-hybridized carbons (Fsp3) is 0.735. The Labute approximate surface area is 356 Å². The van der Waals surface area contributed by atoms with Crippen LogP contribution in [0.25, 0.3) is 0 Å². The van der Waals surface area contributed by atoms with Crippen LogP contribution in [-0.2, 0) is 27.9 Å². The average molecular weight is 834 g/mol. The highest BCUT2D eigenvalue weighted by atomic mass is 31.2. The van der Waals surface area contributed by atoms with Crippen LogP contribution >= 0.6 is 7.82 Å². The number of nitrogens with two attached hydrogens (primary N) is 1. The highest BCUT2D eigenvalue weighted by Crippen LogP contribution is 2.43. The third kappa shape index (κ3) is 45.0. The van der Waals surface area contributed by atoms with Crippen LogP contribution in [0.1, 0.15) is 194 Å². The number of carbonyl (C=O) groups is 1. The van der Waals surface area contributed by atoms with Gasteiger partial charge in [0.2, 0.25) is 0 Å². The Balaban J connectivity index is 4.03. The van der Waals surface area contributed by atoms with Gasteiger partial charge in [-0.3, -0.25) is 13.8 Å². The van der Waals surface area contributed by atoms with Crippen LogP contribution in [0.15, 0.2) is 72.9 Å². The lowest BCUT2D eigenvalue weighted by molar-refractivity contribution is -0.153. The molecule has 0 aromatic rings. The molecule has 0 spiro atoms. The molecule has 0 bridgehead atoms. The smallest absolute Gasteiger partial charge is 0.457 e. The lowest BCUT2D eigenvalue weighted by atomic mass is 10.0. The first-order valence-corrected chi connectivity index (χ1v) is 24.9. The van der Waals surface area contributed by atoms with Gasteiger partial charge in [-0.15, -0.1) is 0 Å². The van der Waals surface area contributed by atoms with Gasteiger partial charge < -0.3 is 20.1 Å². The minimum atomic E-state index is -4.31. The highest BCUT2D eigenvalue weighted by molar-refractivity contribution is 7.47. The second-order valence-electron chi connectivity index (χ2n) is 15.3. The van der Waals surface area contributed by atoms with Crippen LogP contribution in [0.3, 0.4) is 0 Å². The van der Waals surface area contributed by atoms with Crippen LogP contribution in [0.4, 0.5) is 0 Å². The summed E-state index contributed by atoms with van der Waals surface area (Å²) < 4.78 is 33.3. The van der Waals surface area contributed by atoms with E-state index >= 15 is 0 Å². The normalized spacial score (nSPS) is 14.1. The Morgan fingerprint density at radius 3 is 1.43 bits per heavy atom. The summed E-state index contributed by atoms with van der Waals surface area (Å²) in [4.78, 5) is 22.4. The first-order valence-electron chi connectivity index (χ1n) is 23.4. The molecule has 8 nitrogen and oxygen atoms in total. The molecule has 58 heavy (non-hydrogen) atoms. The number of ether oxygens (including phenoxy) is 2. The van der Waals surface area contributed by atoms with E-state index < -0.39 is 19.9 Å². The van der Waals surface area contributed by atoms with Crippen molar-refractivity contribution in [3.63, 3.8) is 0 Å². The number of carbonyl (C=O) groups excluding carboxylic acids is 1. The molecular weight excluding hydrogens is 746 g/mol.